The second-order valence-electron chi connectivity index (χ2n) is 6.78. The summed E-state index contributed by atoms with van der Waals surface area (Å²) in [5.41, 5.74) is 3.55. The monoisotopic (exact) mass is 382 g/mol. The van der Waals surface area contributed by atoms with E-state index in [0.29, 0.717) is 16.3 Å². The lowest BCUT2D eigenvalue weighted by Crippen LogP contribution is -2.36. The molecule has 4 rings (SSSR count). The van der Waals surface area contributed by atoms with Gasteiger partial charge in [0.05, 0.1) is 10.2 Å². The van der Waals surface area contributed by atoms with Crippen molar-refractivity contribution in [1.82, 2.24) is 4.57 Å². The van der Waals surface area contributed by atoms with Gasteiger partial charge in [-0.05, 0) is 49.6 Å². The van der Waals surface area contributed by atoms with Crippen LogP contribution in [0.25, 0.3) is 10.2 Å². The number of carbonyl (C=O) groups excluding carboxylic acids is 1. The van der Waals surface area contributed by atoms with Gasteiger partial charge in [0.1, 0.15) is 6.61 Å². The maximum atomic E-state index is 12.8. The summed E-state index contributed by atoms with van der Waals surface area (Å²) < 4.78 is 14.8. The van der Waals surface area contributed by atoms with E-state index in [1.165, 1.54) is 15.8 Å². The number of aryl methyl sites for hydroxylation is 3. The molecule has 2 heterocycles. The first-order valence-electron chi connectivity index (χ1n) is 9.14. The number of hydrogen-bond acceptors (Lipinski definition) is 4. The number of fused-ring (bicyclic) bond motifs is 2. The SMILES string of the molecule is CCCn1c(=NC(=O)C2COc3ccccc3O2)sc2c(C)cc(C)cc21. The number of benzene rings is 2. The average Bonchev–Trinajstić information content (AvgIpc) is 2.99. The standard InChI is InChI=1S/C21H22N2O3S/c1-4-9-23-15-11-13(2)10-14(3)19(15)27-21(23)22-20(24)18-12-25-16-7-5-6-8-17(16)26-18/h5-8,10-11,18H,4,9,12H2,1-3H3. The molecule has 0 fully saturated rings. The number of aromatic nitrogens is 1. The average molecular weight is 382 g/mol. The van der Waals surface area contributed by atoms with Gasteiger partial charge in [-0.2, -0.15) is 4.99 Å². The number of rotatable bonds is 3. The predicted octanol–water partition coefficient (Wildman–Crippen LogP) is 4.00. The van der Waals surface area contributed by atoms with Crippen LogP contribution in [-0.2, 0) is 11.3 Å². The third-order valence-corrected chi connectivity index (χ3v) is 5.78. The number of carbonyl (C=O) groups is 1. The van der Waals surface area contributed by atoms with Crippen LogP contribution in [-0.4, -0.2) is 23.2 Å². The van der Waals surface area contributed by atoms with Crippen molar-refractivity contribution in [2.75, 3.05) is 6.61 Å². The minimum Gasteiger partial charge on any atom is -0.485 e. The molecule has 0 aliphatic carbocycles. The second-order valence-corrected chi connectivity index (χ2v) is 7.76. The minimum atomic E-state index is -0.719. The molecule has 0 saturated heterocycles. The van der Waals surface area contributed by atoms with E-state index < -0.39 is 6.10 Å². The maximum absolute atomic E-state index is 12.8. The quantitative estimate of drug-likeness (QED) is 0.688. The van der Waals surface area contributed by atoms with Crippen LogP contribution in [0.5, 0.6) is 11.5 Å². The maximum Gasteiger partial charge on any atom is 0.292 e. The van der Waals surface area contributed by atoms with E-state index in [1.54, 1.807) is 17.4 Å². The molecular weight excluding hydrogens is 360 g/mol. The Bertz CT molecular complexity index is 1080. The zero-order valence-corrected chi connectivity index (χ0v) is 16.5. The van der Waals surface area contributed by atoms with Crippen LogP contribution in [0.15, 0.2) is 41.4 Å². The number of nitrogens with zero attached hydrogens (tertiary/aromatic N) is 2. The number of ether oxygens (including phenoxy) is 2. The molecule has 1 amide bonds. The van der Waals surface area contributed by atoms with Crippen LogP contribution in [0.1, 0.15) is 24.5 Å². The Hall–Kier alpha value is -2.60. The highest BCUT2D eigenvalue weighted by Gasteiger charge is 2.27. The van der Waals surface area contributed by atoms with E-state index in [9.17, 15) is 4.79 Å². The van der Waals surface area contributed by atoms with Crippen LogP contribution in [0, 0.1) is 13.8 Å². The number of hydrogen-bond donors (Lipinski definition) is 0. The lowest BCUT2D eigenvalue weighted by atomic mass is 10.1. The topological polar surface area (TPSA) is 52.8 Å². The minimum absolute atomic E-state index is 0.177. The van der Waals surface area contributed by atoms with Gasteiger partial charge >= 0.3 is 0 Å². The summed E-state index contributed by atoms with van der Waals surface area (Å²) in [6, 6.07) is 11.7. The van der Waals surface area contributed by atoms with Crippen molar-refractivity contribution in [3.05, 3.63) is 52.3 Å². The summed E-state index contributed by atoms with van der Waals surface area (Å²) in [6.07, 6.45) is 0.249. The van der Waals surface area contributed by atoms with Crippen LogP contribution >= 0.6 is 11.3 Å². The van der Waals surface area contributed by atoms with Crippen molar-refractivity contribution in [2.45, 2.75) is 39.8 Å². The van der Waals surface area contributed by atoms with Crippen molar-refractivity contribution in [1.29, 1.82) is 0 Å². The van der Waals surface area contributed by atoms with Gasteiger partial charge in [-0.1, -0.05) is 36.5 Å². The zero-order valence-electron chi connectivity index (χ0n) is 15.7. The molecule has 1 aliphatic heterocycles. The van der Waals surface area contributed by atoms with Crippen LogP contribution in [0.3, 0.4) is 0 Å². The Kier molecular flexibility index (Phi) is 4.74. The van der Waals surface area contributed by atoms with Gasteiger partial charge in [0.25, 0.3) is 5.91 Å². The van der Waals surface area contributed by atoms with E-state index in [0.717, 1.165) is 18.5 Å². The van der Waals surface area contributed by atoms with Gasteiger partial charge in [-0.25, -0.2) is 0 Å². The predicted molar refractivity (Wildman–Crippen MR) is 107 cm³/mol. The van der Waals surface area contributed by atoms with E-state index in [2.05, 4.69) is 42.5 Å². The lowest BCUT2D eigenvalue weighted by Gasteiger charge is -2.23. The Labute approximate surface area is 161 Å². The zero-order chi connectivity index (χ0) is 19.0. The van der Waals surface area contributed by atoms with Gasteiger partial charge in [0, 0.05) is 6.54 Å². The number of amides is 1. The first-order valence-corrected chi connectivity index (χ1v) is 9.96. The third kappa shape index (κ3) is 3.37. The third-order valence-electron chi connectivity index (χ3n) is 4.55. The summed E-state index contributed by atoms with van der Waals surface area (Å²) in [7, 11) is 0. The molecule has 2 aromatic carbocycles. The number of thiazole rings is 1. The molecule has 1 unspecified atom stereocenters. The molecule has 0 N–H and O–H groups in total. The molecule has 3 aromatic rings. The molecule has 0 radical (unpaired) electrons. The van der Waals surface area contributed by atoms with Gasteiger partial charge < -0.3 is 14.0 Å². The van der Waals surface area contributed by atoms with Crippen molar-refractivity contribution in [3.63, 3.8) is 0 Å². The summed E-state index contributed by atoms with van der Waals surface area (Å²) in [6.45, 7) is 7.31. The van der Waals surface area contributed by atoms with Crippen LogP contribution in [0.2, 0.25) is 0 Å². The summed E-state index contributed by atoms with van der Waals surface area (Å²) >= 11 is 1.56. The van der Waals surface area contributed by atoms with Gasteiger partial charge in [0.15, 0.2) is 16.3 Å². The fourth-order valence-electron chi connectivity index (χ4n) is 3.34. The summed E-state index contributed by atoms with van der Waals surface area (Å²) in [4.78, 5) is 17.9. The molecule has 1 aliphatic rings. The molecule has 1 atom stereocenters. The van der Waals surface area contributed by atoms with Crippen molar-refractivity contribution < 1.29 is 14.3 Å². The molecule has 0 spiro atoms. The molecule has 6 heteroatoms. The highest BCUT2D eigenvalue weighted by molar-refractivity contribution is 7.16. The van der Waals surface area contributed by atoms with Gasteiger partial charge in [-0.3, -0.25) is 4.79 Å². The fourth-order valence-corrected chi connectivity index (χ4v) is 4.46. The smallest absolute Gasteiger partial charge is 0.292 e. The van der Waals surface area contributed by atoms with Crippen LogP contribution in [0.4, 0.5) is 0 Å². The molecule has 27 heavy (non-hydrogen) atoms. The Morgan fingerprint density at radius 1 is 1.26 bits per heavy atom. The second kappa shape index (κ2) is 7.19. The summed E-state index contributed by atoms with van der Waals surface area (Å²) in [5.74, 6) is 0.937. The Balaban J connectivity index is 1.73. The molecule has 1 aromatic heterocycles. The first kappa shape index (κ1) is 17.8. The van der Waals surface area contributed by atoms with Crippen molar-refractivity contribution >= 4 is 27.5 Å². The van der Waals surface area contributed by atoms with Gasteiger partial charge in [-0.15, -0.1) is 0 Å². The van der Waals surface area contributed by atoms with Crippen molar-refractivity contribution in [2.24, 2.45) is 4.99 Å². The van der Waals surface area contributed by atoms with Crippen LogP contribution < -0.4 is 14.3 Å². The highest BCUT2D eigenvalue weighted by atomic mass is 32.1. The van der Waals surface area contributed by atoms with E-state index >= 15 is 0 Å². The Morgan fingerprint density at radius 2 is 2.04 bits per heavy atom. The van der Waals surface area contributed by atoms with E-state index in [-0.39, 0.29) is 12.5 Å². The van der Waals surface area contributed by atoms with Gasteiger partial charge in [0.2, 0.25) is 6.10 Å². The Morgan fingerprint density at radius 3 is 2.81 bits per heavy atom. The fraction of sp³-hybridized carbons (Fsp3) is 0.333. The molecular formula is C21H22N2O3S. The van der Waals surface area contributed by atoms with E-state index in [1.807, 2.05) is 18.2 Å². The largest absolute Gasteiger partial charge is 0.485 e. The normalized spacial score (nSPS) is 16.7. The molecule has 5 nitrogen and oxygen atoms in total. The first-order chi connectivity index (χ1) is 13.1. The molecule has 140 valence electrons. The highest BCUT2D eigenvalue weighted by Crippen LogP contribution is 2.31. The van der Waals surface area contributed by atoms with E-state index in [4.69, 9.17) is 9.47 Å². The lowest BCUT2D eigenvalue weighted by molar-refractivity contribution is -0.127. The number of para-hydroxylation sites is 2. The summed E-state index contributed by atoms with van der Waals surface area (Å²) in [5, 5.41) is 0. The molecule has 0 bridgehead atoms. The molecule has 0 saturated carbocycles. The van der Waals surface area contributed by atoms with Crippen molar-refractivity contribution in [3.8, 4) is 11.5 Å².